The lowest BCUT2D eigenvalue weighted by Crippen LogP contribution is -2.51. The number of carbonyl (C=O) groups is 1. The van der Waals surface area contributed by atoms with Crippen LogP contribution in [0, 0.1) is 13.8 Å². The number of likely N-dealkylation sites (N-methyl/N-ethyl adjacent to an activating group) is 1. The van der Waals surface area contributed by atoms with Crippen LogP contribution in [0.1, 0.15) is 18.1 Å². The first-order chi connectivity index (χ1) is 12.0. The molecule has 0 bridgehead atoms. The van der Waals surface area contributed by atoms with Gasteiger partial charge in [0.25, 0.3) is 0 Å². The maximum atomic E-state index is 11.6. The normalized spacial score (nSPS) is 17.3. The molecule has 25 heavy (non-hydrogen) atoms. The molecule has 140 valence electrons. The van der Waals surface area contributed by atoms with Gasteiger partial charge in [0, 0.05) is 39.3 Å². The Balaban J connectivity index is 1.68. The van der Waals surface area contributed by atoms with Crippen LogP contribution in [0.5, 0.6) is 5.75 Å². The van der Waals surface area contributed by atoms with Crippen LogP contribution in [0.4, 0.5) is 0 Å². The fourth-order valence-electron chi connectivity index (χ4n) is 3.15. The van der Waals surface area contributed by atoms with Crippen molar-refractivity contribution < 1.29 is 14.6 Å². The molecule has 0 aromatic heterocycles. The molecule has 0 aliphatic carbocycles. The molecule has 0 spiro atoms. The largest absolute Gasteiger partial charge is 0.491 e. The van der Waals surface area contributed by atoms with Gasteiger partial charge in [-0.3, -0.25) is 14.6 Å². The molecule has 1 aromatic carbocycles. The maximum absolute atomic E-state index is 11.6. The fraction of sp³-hybridized carbons (Fsp3) is 0.632. The molecule has 6 nitrogen and oxygen atoms in total. The third-order valence-electron chi connectivity index (χ3n) is 4.31. The Bertz CT molecular complexity index is 537. The van der Waals surface area contributed by atoms with Crippen molar-refractivity contribution >= 4 is 5.91 Å². The van der Waals surface area contributed by atoms with Crippen LogP contribution in [0.3, 0.4) is 0 Å². The number of aryl methyl sites for hydroxylation is 2. The van der Waals surface area contributed by atoms with E-state index in [0.717, 1.165) is 43.1 Å². The van der Waals surface area contributed by atoms with Gasteiger partial charge in [0.1, 0.15) is 18.5 Å². The molecule has 2 N–H and O–H groups in total. The highest BCUT2D eigenvalue weighted by atomic mass is 16.5. The molecule has 2 rings (SSSR count). The van der Waals surface area contributed by atoms with Crippen LogP contribution in [0.2, 0.25) is 0 Å². The lowest BCUT2D eigenvalue weighted by Gasteiger charge is -2.35. The highest BCUT2D eigenvalue weighted by Crippen LogP contribution is 2.16. The van der Waals surface area contributed by atoms with Gasteiger partial charge in [-0.05, 0) is 44.0 Å². The number of rotatable bonds is 8. The Morgan fingerprint density at radius 1 is 1.16 bits per heavy atom. The lowest BCUT2D eigenvalue weighted by molar-refractivity contribution is -0.122. The molecule has 0 radical (unpaired) electrons. The van der Waals surface area contributed by atoms with Crippen molar-refractivity contribution in [2.24, 2.45) is 0 Å². The Kier molecular flexibility index (Phi) is 7.68. The highest BCUT2D eigenvalue weighted by molar-refractivity contribution is 5.77. The van der Waals surface area contributed by atoms with Crippen LogP contribution in [0.15, 0.2) is 18.2 Å². The minimum absolute atomic E-state index is 0.0813. The molecule has 6 heteroatoms. The molecule has 1 unspecified atom stereocenters. The van der Waals surface area contributed by atoms with E-state index in [4.69, 9.17) is 4.74 Å². The third-order valence-corrected chi connectivity index (χ3v) is 4.31. The molecule has 1 heterocycles. The average Bonchev–Trinajstić information content (AvgIpc) is 2.54. The van der Waals surface area contributed by atoms with Crippen molar-refractivity contribution in [1.29, 1.82) is 0 Å². The number of β-amino-alcohol motifs (C(OH)–C–C–N with tert-alkyl or cyclic N) is 1. The molecule has 1 aromatic rings. The monoisotopic (exact) mass is 349 g/mol. The minimum Gasteiger partial charge on any atom is -0.491 e. The van der Waals surface area contributed by atoms with Gasteiger partial charge in [-0.2, -0.15) is 0 Å². The fourth-order valence-corrected chi connectivity index (χ4v) is 3.15. The second-order valence-corrected chi connectivity index (χ2v) is 6.82. The zero-order chi connectivity index (χ0) is 18.2. The number of benzene rings is 1. The van der Waals surface area contributed by atoms with E-state index in [-0.39, 0.29) is 5.91 Å². The van der Waals surface area contributed by atoms with Gasteiger partial charge < -0.3 is 15.2 Å². The summed E-state index contributed by atoms with van der Waals surface area (Å²) in [5.74, 6) is 0.890. The van der Waals surface area contributed by atoms with Gasteiger partial charge >= 0.3 is 0 Å². The molecule has 0 saturated carbocycles. The quantitative estimate of drug-likeness (QED) is 0.727. The van der Waals surface area contributed by atoms with Gasteiger partial charge in [0.05, 0.1) is 6.54 Å². The first-order valence-corrected chi connectivity index (χ1v) is 9.07. The molecule has 1 atom stereocenters. The first-order valence-electron chi connectivity index (χ1n) is 9.07. The number of aliphatic hydroxyl groups is 1. The predicted molar refractivity (Wildman–Crippen MR) is 99.0 cm³/mol. The number of nitrogens with zero attached hydrogens (tertiary/aromatic N) is 2. The number of hydrogen-bond acceptors (Lipinski definition) is 5. The van der Waals surface area contributed by atoms with E-state index in [1.165, 1.54) is 0 Å². The van der Waals surface area contributed by atoms with Gasteiger partial charge in [0.15, 0.2) is 0 Å². The van der Waals surface area contributed by atoms with Crippen molar-refractivity contribution in [3.8, 4) is 5.75 Å². The first kappa shape index (κ1) is 19.7. The summed E-state index contributed by atoms with van der Waals surface area (Å²) >= 11 is 0. The number of carbonyl (C=O) groups excluding carboxylic acids is 1. The van der Waals surface area contributed by atoms with Crippen molar-refractivity contribution in [2.45, 2.75) is 26.9 Å². The Labute approximate surface area is 150 Å². The topological polar surface area (TPSA) is 65.0 Å². The summed E-state index contributed by atoms with van der Waals surface area (Å²) in [5.41, 5.74) is 2.32. The van der Waals surface area contributed by atoms with Crippen LogP contribution in [-0.4, -0.2) is 79.3 Å². The Morgan fingerprint density at radius 3 is 2.36 bits per heavy atom. The molecule has 1 fully saturated rings. The van der Waals surface area contributed by atoms with E-state index in [1.54, 1.807) is 0 Å². The van der Waals surface area contributed by atoms with Crippen LogP contribution < -0.4 is 10.1 Å². The van der Waals surface area contributed by atoms with Crippen LogP contribution in [-0.2, 0) is 4.79 Å². The zero-order valence-electron chi connectivity index (χ0n) is 15.6. The van der Waals surface area contributed by atoms with E-state index < -0.39 is 6.10 Å². The second kappa shape index (κ2) is 9.75. The lowest BCUT2D eigenvalue weighted by atomic mass is 10.1. The summed E-state index contributed by atoms with van der Waals surface area (Å²) in [6.45, 7) is 11.4. The number of nitrogens with one attached hydrogen (secondary N) is 1. The zero-order valence-corrected chi connectivity index (χ0v) is 15.6. The predicted octanol–water partition coefficient (Wildman–Crippen LogP) is 0.797. The highest BCUT2D eigenvalue weighted by Gasteiger charge is 2.20. The van der Waals surface area contributed by atoms with Gasteiger partial charge in [0.2, 0.25) is 5.91 Å². The number of ether oxygens (including phenoxy) is 1. The smallest absolute Gasteiger partial charge is 0.234 e. The van der Waals surface area contributed by atoms with E-state index in [1.807, 2.05) is 32.9 Å². The molecular formula is C19H31N3O3. The molecule has 1 saturated heterocycles. The molecular weight excluding hydrogens is 318 g/mol. The number of aliphatic hydroxyl groups excluding tert-OH is 1. The standard InChI is InChI=1S/C19H31N3O3/c1-4-20-19(24)13-22-7-5-21(6-8-22)12-17(23)14-25-18-10-15(2)9-16(3)11-18/h9-11,17,23H,4-8,12-14H2,1-3H3,(H,20,24). The van der Waals surface area contributed by atoms with Crippen molar-refractivity contribution in [3.63, 3.8) is 0 Å². The maximum Gasteiger partial charge on any atom is 0.234 e. The Hall–Kier alpha value is -1.63. The molecule has 1 amide bonds. The van der Waals surface area contributed by atoms with Crippen molar-refractivity contribution in [3.05, 3.63) is 29.3 Å². The molecule has 1 aliphatic heterocycles. The van der Waals surface area contributed by atoms with E-state index >= 15 is 0 Å². The summed E-state index contributed by atoms with van der Waals surface area (Å²) in [6.07, 6.45) is -0.518. The second-order valence-electron chi connectivity index (χ2n) is 6.82. The van der Waals surface area contributed by atoms with Gasteiger partial charge in [-0.15, -0.1) is 0 Å². The van der Waals surface area contributed by atoms with Crippen molar-refractivity contribution in [2.75, 3.05) is 52.4 Å². The summed E-state index contributed by atoms with van der Waals surface area (Å²) in [4.78, 5) is 16.0. The third kappa shape index (κ3) is 7.02. The molecule has 1 aliphatic rings. The number of amides is 1. The average molecular weight is 349 g/mol. The summed E-state index contributed by atoms with van der Waals surface area (Å²) in [5, 5.41) is 13.1. The van der Waals surface area contributed by atoms with Crippen molar-refractivity contribution in [1.82, 2.24) is 15.1 Å². The number of hydrogen-bond donors (Lipinski definition) is 2. The van der Waals surface area contributed by atoms with Crippen LogP contribution in [0.25, 0.3) is 0 Å². The SMILES string of the molecule is CCNC(=O)CN1CCN(CC(O)COc2cc(C)cc(C)c2)CC1. The Morgan fingerprint density at radius 2 is 1.76 bits per heavy atom. The van der Waals surface area contributed by atoms with E-state index in [0.29, 0.717) is 26.2 Å². The number of piperazine rings is 1. The minimum atomic E-state index is -0.518. The van der Waals surface area contributed by atoms with E-state index in [2.05, 4.69) is 21.2 Å². The summed E-state index contributed by atoms with van der Waals surface area (Å²) < 4.78 is 5.73. The van der Waals surface area contributed by atoms with Gasteiger partial charge in [-0.25, -0.2) is 0 Å². The van der Waals surface area contributed by atoms with Gasteiger partial charge in [-0.1, -0.05) is 6.07 Å². The summed E-state index contributed by atoms with van der Waals surface area (Å²) in [7, 11) is 0. The van der Waals surface area contributed by atoms with E-state index in [9.17, 15) is 9.90 Å². The van der Waals surface area contributed by atoms with Crippen LogP contribution >= 0.6 is 0 Å². The summed E-state index contributed by atoms with van der Waals surface area (Å²) in [6, 6.07) is 6.07.